The molecule has 1 N–H and O–H groups in total. The van der Waals surface area contributed by atoms with Crippen molar-refractivity contribution in [2.24, 2.45) is 0 Å². The summed E-state index contributed by atoms with van der Waals surface area (Å²) in [6.45, 7) is 8.61. The first kappa shape index (κ1) is 29.7. The van der Waals surface area contributed by atoms with Crippen molar-refractivity contribution in [3.05, 3.63) is 90.0 Å². The van der Waals surface area contributed by atoms with E-state index in [2.05, 4.69) is 5.32 Å². The smallest absolute Gasteiger partial charge is 0.264 e. The van der Waals surface area contributed by atoms with Gasteiger partial charge in [0.1, 0.15) is 18.3 Å². The lowest BCUT2D eigenvalue weighted by Crippen LogP contribution is -2.54. The van der Waals surface area contributed by atoms with Gasteiger partial charge in [0, 0.05) is 12.1 Å². The highest BCUT2D eigenvalue weighted by molar-refractivity contribution is 7.92. The predicted molar refractivity (Wildman–Crippen MR) is 153 cm³/mol. The lowest BCUT2D eigenvalue weighted by Gasteiger charge is -2.33. The van der Waals surface area contributed by atoms with E-state index in [0.29, 0.717) is 17.0 Å². The number of amides is 2. The molecule has 0 aliphatic carbocycles. The molecule has 208 valence electrons. The van der Waals surface area contributed by atoms with E-state index in [-0.39, 0.29) is 17.3 Å². The summed E-state index contributed by atoms with van der Waals surface area (Å²) in [5, 5.41) is 2.92. The number of rotatable bonds is 10. The van der Waals surface area contributed by atoms with Gasteiger partial charge < -0.3 is 15.0 Å². The minimum absolute atomic E-state index is 0.0684. The molecule has 0 radical (unpaired) electrons. The molecule has 3 aromatic rings. The van der Waals surface area contributed by atoms with Crippen molar-refractivity contribution >= 4 is 27.5 Å². The molecule has 0 spiro atoms. The summed E-state index contributed by atoms with van der Waals surface area (Å²) in [4.78, 5) is 28.7. The highest BCUT2D eigenvalue weighted by Crippen LogP contribution is 2.27. The molecule has 2 amide bonds. The minimum Gasteiger partial charge on any atom is -0.497 e. The number of anilines is 1. The van der Waals surface area contributed by atoms with E-state index in [0.717, 1.165) is 9.87 Å². The molecule has 0 bridgehead atoms. The number of methoxy groups -OCH3 is 1. The van der Waals surface area contributed by atoms with Crippen molar-refractivity contribution in [3.63, 3.8) is 0 Å². The van der Waals surface area contributed by atoms with Crippen LogP contribution in [0.5, 0.6) is 5.75 Å². The van der Waals surface area contributed by atoms with Crippen molar-refractivity contribution in [1.29, 1.82) is 0 Å². The van der Waals surface area contributed by atoms with Gasteiger partial charge in [-0.2, -0.15) is 0 Å². The number of carbonyl (C=O) groups excluding carboxylic acids is 2. The van der Waals surface area contributed by atoms with Gasteiger partial charge in [-0.25, -0.2) is 8.42 Å². The molecule has 3 rings (SSSR count). The van der Waals surface area contributed by atoms with Crippen LogP contribution in [0.2, 0.25) is 0 Å². The summed E-state index contributed by atoms with van der Waals surface area (Å²) in [6.07, 6.45) is 0. The molecular formula is C30H37N3O5S. The van der Waals surface area contributed by atoms with E-state index >= 15 is 0 Å². The summed E-state index contributed by atoms with van der Waals surface area (Å²) >= 11 is 0. The Morgan fingerprint density at radius 2 is 1.59 bits per heavy atom. The van der Waals surface area contributed by atoms with Gasteiger partial charge in [-0.05, 0) is 76.1 Å². The molecule has 0 aromatic heterocycles. The third kappa shape index (κ3) is 7.60. The third-order valence-electron chi connectivity index (χ3n) is 6.15. The van der Waals surface area contributed by atoms with Gasteiger partial charge >= 0.3 is 0 Å². The van der Waals surface area contributed by atoms with Gasteiger partial charge in [0.05, 0.1) is 17.7 Å². The molecule has 39 heavy (non-hydrogen) atoms. The van der Waals surface area contributed by atoms with Crippen LogP contribution in [-0.4, -0.2) is 50.4 Å². The van der Waals surface area contributed by atoms with Crippen molar-refractivity contribution in [2.45, 2.75) is 57.6 Å². The molecule has 8 nitrogen and oxygen atoms in total. The maximum absolute atomic E-state index is 14.0. The number of aryl methyl sites for hydroxylation is 1. The Kier molecular flexibility index (Phi) is 9.40. The molecular weight excluding hydrogens is 514 g/mol. The van der Waals surface area contributed by atoms with E-state index in [4.69, 9.17) is 4.74 Å². The fourth-order valence-electron chi connectivity index (χ4n) is 4.10. The Hall–Kier alpha value is -3.85. The van der Waals surface area contributed by atoms with Crippen LogP contribution in [-0.2, 0) is 26.2 Å². The molecule has 0 aliphatic heterocycles. The van der Waals surface area contributed by atoms with Crippen LogP contribution in [0, 0.1) is 6.92 Å². The lowest BCUT2D eigenvalue weighted by molar-refractivity contribution is -0.140. The molecule has 3 aromatic carbocycles. The quantitative estimate of drug-likeness (QED) is 0.399. The summed E-state index contributed by atoms with van der Waals surface area (Å²) in [7, 11) is -2.55. The second kappa shape index (κ2) is 12.3. The largest absolute Gasteiger partial charge is 0.497 e. The maximum atomic E-state index is 14.0. The molecule has 1 atom stereocenters. The van der Waals surface area contributed by atoms with E-state index in [1.807, 2.05) is 32.9 Å². The molecule has 0 saturated carbocycles. The fourth-order valence-corrected chi connectivity index (χ4v) is 5.60. The Morgan fingerprint density at radius 1 is 0.949 bits per heavy atom. The number of nitrogens with zero attached hydrogens (tertiary/aromatic N) is 2. The van der Waals surface area contributed by atoms with Crippen LogP contribution in [0.25, 0.3) is 0 Å². The van der Waals surface area contributed by atoms with Gasteiger partial charge in [0.25, 0.3) is 10.0 Å². The van der Waals surface area contributed by atoms with Crippen LogP contribution >= 0.6 is 0 Å². The average molecular weight is 552 g/mol. The van der Waals surface area contributed by atoms with Crippen LogP contribution in [0.4, 0.5) is 5.69 Å². The van der Waals surface area contributed by atoms with E-state index in [1.54, 1.807) is 75.6 Å². The third-order valence-corrected chi connectivity index (χ3v) is 7.92. The number of hydrogen-bond acceptors (Lipinski definition) is 5. The first-order chi connectivity index (χ1) is 18.3. The molecule has 0 fully saturated rings. The standard InChI is InChI=1S/C30H37N3O5S/c1-22-13-10-11-18-27(22)33(39(36,37)26-16-8-7-9-17-26)21-28(34)32(23(2)29(35)31-30(3,4)5)20-24-14-12-15-25(19-24)38-6/h7-19,23H,20-21H2,1-6H3,(H,31,35)/t23-/m0/s1. The summed E-state index contributed by atoms with van der Waals surface area (Å²) in [5.41, 5.74) is 1.32. The van der Waals surface area contributed by atoms with E-state index in [9.17, 15) is 18.0 Å². The van der Waals surface area contributed by atoms with Gasteiger partial charge in [-0.15, -0.1) is 0 Å². The number of benzene rings is 3. The van der Waals surface area contributed by atoms with Gasteiger partial charge in [0.15, 0.2) is 0 Å². The normalized spacial score (nSPS) is 12.4. The van der Waals surface area contributed by atoms with E-state index < -0.39 is 34.1 Å². The summed E-state index contributed by atoms with van der Waals surface area (Å²) < 4.78 is 34.1. The molecule has 0 saturated heterocycles. The van der Waals surface area contributed by atoms with Gasteiger partial charge in [0.2, 0.25) is 11.8 Å². The maximum Gasteiger partial charge on any atom is 0.264 e. The van der Waals surface area contributed by atoms with Crippen molar-refractivity contribution in [2.75, 3.05) is 18.0 Å². The zero-order chi connectivity index (χ0) is 28.8. The Bertz CT molecular complexity index is 1400. The second-order valence-corrected chi connectivity index (χ2v) is 12.3. The first-order valence-electron chi connectivity index (χ1n) is 12.7. The first-order valence-corrected chi connectivity index (χ1v) is 14.2. The highest BCUT2D eigenvalue weighted by Gasteiger charge is 2.33. The number of sulfonamides is 1. The predicted octanol–water partition coefficient (Wildman–Crippen LogP) is 4.53. The Labute approximate surface area is 231 Å². The summed E-state index contributed by atoms with van der Waals surface area (Å²) in [6, 6.07) is 21.3. The van der Waals surface area contributed by atoms with Crippen LogP contribution in [0.1, 0.15) is 38.8 Å². The SMILES string of the molecule is COc1cccc(CN(C(=O)CN(c2ccccc2C)S(=O)(=O)c2ccccc2)[C@@H](C)C(=O)NC(C)(C)C)c1. The minimum atomic E-state index is -4.10. The highest BCUT2D eigenvalue weighted by atomic mass is 32.2. The van der Waals surface area contributed by atoms with Crippen LogP contribution < -0.4 is 14.4 Å². The molecule has 9 heteroatoms. The number of para-hydroxylation sites is 1. The number of hydrogen-bond donors (Lipinski definition) is 1. The van der Waals surface area contributed by atoms with Crippen LogP contribution in [0.3, 0.4) is 0 Å². The van der Waals surface area contributed by atoms with Crippen molar-refractivity contribution in [1.82, 2.24) is 10.2 Å². The topological polar surface area (TPSA) is 96.0 Å². The molecule has 0 aliphatic rings. The van der Waals surface area contributed by atoms with Gasteiger partial charge in [-0.3, -0.25) is 13.9 Å². The van der Waals surface area contributed by atoms with Crippen molar-refractivity contribution in [3.8, 4) is 5.75 Å². The van der Waals surface area contributed by atoms with Gasteiger partial charge in [-0.1, -0.05) is 48.5 Å². The average Bonchev–Trinajstić information content (AvgIpc) is 2.90. The van der Waals surface area contributed by atoms with Crippen LogP contribution in [0.15, 0.2) is 83.8 Å². The second-order valence-electron chi connectivity index (χ2n) is 10.4. The monoisotopic (exact) mass is 551 g/mol. The Morgan fingerprint density at radius 3 is 2.21 bits per heavy atom. The zero-order valence-corrected chi connectivity index (χ0v) is 24.2. The fraction of sp³-hybridized carbons (Fsp3) is 0.333. The molecule has 0 heterocycles. The molecule has 0 unspecified atom stereocenters. The number of ether oxygens (including phenoxy) is 1. The number of carbonyl (C=O) groups is 2. The van der Waals surface area contributed by atoms with Crippen molar-refractivity contribution < 1.29 is 22.7 Å². The zero-order valence-electron chi connectivity index (χ0n) is 23.3. The Balaban J connectivity index is 2.05. The number of nitrogens with one attached hydrogen (secondary N) is 1. The summed E-state index contributed by atoms with van der Waals surface area (Å²) in [5.74, 6) is -0.246. The van der Waals surface area contributed by atoms with E-state index in [1.165, 1.54) is 17.0 Å². The lowest BCUT2D eigenvalue weighted by atomic mass is 10.1.